The molecule has 122 valence electrons. The number of likely N-dealkylation sites (tertiary alicyclic amines) is 1. The summed E-state index contributed by atoms with van der Waals surface area (Å²) in [6.07, 6.45) is 3.80. The molecule has 2 aliphatic heterocycles. The van der Waals surface area contributed by atoms with Crippen molar-refractivity contribution < 1.29 is 4.79 Å². The van der Waals surface area contributed by atoms with Crippen LogP contribution in [-0.4, -0.2) is 52.0 Å². The molecule has 1 unspecified atom stereocenters. The Kier molecular flexibility index (Phi) is 4.37. The number of nitrogens with one attached hydrogen (secondary N) is 1. The second kappa shape index (κ2) is 6.29. The van der Waals surface area contributed by atoms with E-state index in [9.17, 15) is 4.79 Å². The summed E-state index contributed by atoms with van der Waals surface area (Å²) in [7, 11) is 0. The molecule has 7 heteroatoms. The summed E-state index contributed by atoms with van der Waals surface area (Å²) in [5.74, 6) is -0.00837. The van der Waals surface area contributed by atoms with Crippen LogP contribution in [0.5, 0.6) is 0 Å². The Morgan fingerprint density at radius 2 is 2.04 bits per heavy atom. The number of carbonyl (C=O) groups excluding carboxylic acids is 1. The van der Waals surface area contributed by atoms with E-state index in [1.165, 1.54) is 4.80 Å². The Morgan fingerprint density at radius 1 is 1.22 bits per heavy atom. The van der Waals surface area contributed by atoms with Crippen LogP contribution in [0.4, 0.5) is 0 Å². The van der Waals surface area contributed by atoms with Gasteiger partial charge in [-0.3, -0.25) is 4.79 Å². The van der Waals surface area contributed by atoms with Crippen molar-refractivity contribution >= 4 is 18.3 Å². The van der Waals surface area contributed by atoms with Gasteiger partial charge in [-0.15, -0.1) is 17.5 Å². The molecule has 2 fully saturated rings. The zero-order valence-electron chi connectivity index (χ0n) is 12.8. The predicted molar refractivity (Wildman–Crippen MR) is 89.0 cm³/mol. The van der Waals surface area contributed by atoms with Gasteiger partial charge in [-0.2, -0.15) is 9.90 Å². The quantitative estimate of drug-likeness (QED) is 0.905. The lowest BCUT2D eigenvalue weighted by atomic mass is 9.87. The highest BCUT2D eigenvalue weighted by molar-refractivity contribution is 5.92. The van der Waals surface area contributed by atoms with E-state index in [-0.39, 0.29) is 23.7 Å². The Bertz CT molecular complexity index is 681. The summed E-state index contributed by atoms with van der Waals surface area (Å²) < 4.78 is 0. The fraction of sp³-hybridized carbons (Fsp3) is 0.438. The van der Waals surface area contributed by atoms with Crippen LogP contribution < -0.4 is 5.32 Å². The van der Waals surface area contributed by atoms with Crippen LogP contribution in [0.3, 0.4) is 0 Å². The van der Waals surface area contributed by atoms with Crippen LogP contribution in [-0.2, 0) is 0 Å². The van der Waals surface area contributed by atoms with Gasteiger partial charge < -0.3 is 10.2 Å². The molecule has 1 spiro atoms. The van der Waals surface area contributed by atoms with Crippen molar-refractivity contribution in [1.29, 1.82) is 0 Å². The largest absolute Gasteiger partial charge is 0.337 e. The van der Waals surface area contributed by atoms with Crippen LogP contribution in [0.1, 0.15) is 23.3 Å². The molecule has 1 amide bonds. The van der Waals surface area contributed by atoms with Gasteiger partial charge in [-0.05, 0) is 31.5 Å². The van der Waals surface area contributed by atoms with Gasteiger partial charge in [-0.1, -0.05) is 18.2 Å². The normalized spacial score (nSPS) is 23.2. The first-order chi connectivity index (χ1) is 10.8. The second-order valence-electron chi connectivity index (χ2n) is 6.26. The standard InChI is InChI=1S/C16H19N5O.ClH/c22-15(20-9-7-16(12-20)6-8-17-11-16)14-10-18-21(19-14)13-4-2-1-3-5-13;/h1-5,10,17H,6-9,11-12H2;1H. The minimum absolute atomic E-state index is 0. The molecule has 2 saturated heterocycles. The molecule has 0 aliphatic carbocycles. The second-order valence-corrected chi connectivity index (χ2v) is 6.26. The molecule has 0 bridgehead atoms. The van der Waals surface area contributed by atoms with Crippen LogP contribution >= 0.6 is 12.4 Å². The molecule has 1 aromatic heterocycles. The molecule has 2 aliphatic rings. The van der Waals surface area contributed by atoms with Gasteiger partial charge in [0.05, 0.1) is 11.9 Å². The highest BCUT2D eigenvalue weighted by Gasteiger charge is 2.42. The maximum Gasteiger partial charge on any atom is 0.276 e. The Labute approximate surface area is 141 Å². The van der Waals surface area contributed by atoms with Gasteiger partial charge in [0.15, 0.2) is 5.69 Å². The Morgan fingerprint density at radius 3 is 2.78 bits per heavy atom. The van der Waals surface area contributed by atoms with Gasteiger partial charge in [0.2, 0.25) is 0 Å². The molecule has 6 nitrogen and oxygen atoms in total. The number of rotatable bonds is 2. The first-order valence-electron chi connectivity index (χ1n) is 7.74. The molecule has 23 heavy (non-hydrogen) atoms. The summed E-state index contributed by atoms with van der Waals surface area (Å²) in [5.41, 5.74) is 1.57. The Balaban J connectivity index is 0.00000156. The molecule has 0 radical (unpaired) electrons. The molecule has 2 aromatic rings. The minimum atomic E-state index is -0.00837. The van der Waals surface area contributed by atoms with Crippen molar-refractivity contribution in [3.05, 3.63) is 42.2 Å². The molecule has 1 atom stereocenters. The number of carbonyl (C=O) groups is 1. The van der Waals surface area contributed by atoms with Gasteiger partial charge >= 0.3 is 0 Å². The first kappa shape index (κ1) is 16.0. The van der Waals surface area contributed by atoms with Crippen molar-refractivity contribution in [2.45, 2.75) is 12.8 Å². The zero-order valence-corrected chi connectivity index (χ0v) is 13.6. The lowest BCUT2D eigenvalue weighted by Gasteiger charge is -2.22. The van der Waals surface area contributed by atoms with Crippen molar-refractivity contribution in [1.82, 2.24) is 25.2 Å². The van der Waals surface area contributed by atoms with Crippen LogP contribution in [0.2, 0.25) is 0 Å². The van der Waals surface area contributed by atoms with Crippen LogP contribution in [0.25, 0.3) is 5.69 Å². The number of hydrogen-bond acceptors (Lipinski definition) is 4. The minimum Gasteiger partial charge on any atom is -0.337 e. The molecule has 4 rings (SSSR count). The van der Waals surface area contributed by atoms with E-state index in [2.05, 4.69) is 15.5 Å². The summed E-state index contributed by atoms with van der Waals surface area (Å²) >= 11 is 0. The van der Waals surface area contributed by atoms with Crippen molar-refractivity contribution in [2.24, 2.45) is 5.41 Å². The molecule has 3 heterocycles. The topological polar surface area (TPSA) is 63.1 Å². The van der Waals surface area contributed by atoms with Crippen molar-refractivity contribution in [2.75, 3.05) is 26.2 Å². The third-order valence-electron chi connectivity index (χ3n) is 4.76. The number of halogens is 1. The average molecular weight is 334 g/mol. The number of benzene rings is 1. The fourth-order valence-corrected chi connectivity index (χ4v) is 3.46. The van der Waals surface area contributed by atoms with Gasteiger partial charge in [-0.25, -0.2) is 0 Å². The fourth-order valence-electron chi connectivity index (χ4n) is 3.46. The van der Waals surface area contributed by atoms with E-state index in [1.807, 2.05) is 35.2 Å². The van der Waals surface area contributed by atoms with E-state index in [4.69, 9.17) is 0 Å². The Hall–Kier alpha value is -1.92. The molecular weight excluding hydrogens is 314 g/mol. The summed E-state index contributed by atoms with van der Waals surface area (Å²) in [6.45, 7) is 3.73. The monoisotopic (exact) mass is 333 g/mol. The van der Waals surface area contributed by atoms with E-state index in [0.29, 0.717) is 5.69 Å². The summed E-state index contributed by atoms with van der Waals surface area (Å²) in [6, 6.07) is 9.64. The summed E-state index contributed by atoms with van der Waals surface area (Å²) in [4.78, 5) is 16.1. The smallest absolute Gasteiger partial charge is 0.276 e. The zero-order chi connectivity index (χ0) is 15.0. The predicted octanol–water partition coefficient (Wildman–Crippen LogP) is 1.51. The maximum atomic E-state index is 12.6. The van der Waals surface area contributed by atoms with Crippen molar-refractivity contribution in [3.8, 4) is 5.69 Å². The van der Waals surface area contributed by atoms with Gasteiger partial charge in [0, 0.05) is 25.0 Å². The lowest BCUT2D eigenvalue weighted by Crippen LogP contribution is -2.33. The number of para-hydroxylation sites is 1. The molecular formula is C16H20ClN5O. The van der Waals surface area contributed by atoms with E-state index >= 15 is 0 Å². The molecule has 1 aromatic carbocycles. The SMILES string of the molecule is Cl.O=C(c1cnn(-c2ccccc2)n1)N1CCC2(CCNC2)C1. The van der Waals surface area contributed by atoms with Crippen molar-refractivity contribution in [3.63, 3.8) is 0 Å². The van der Waals surface area contributed by atoms with Crippen LogP contribution in [0, 0.1) is 5.41 Å². The number of amides is 1. The highest BCUT2D eigenvalue weighted by atomic mass is 35.5. The summed E-state index contributed by atoms with van der Waals surface area (Å²) in [5, 5.41) is 12.0. The van der Waals surface area contributed by atoms with Gasteiger partial charge in [0.25, 0.3) is 5.91 Å². The van der Waals surface area contributed by atoms with E-state index in [1.54, 1.807) is 6.20 Å². The number of aromatic nitrogens is 3. The average Bonchev–Trinajstić information content (AvgIpc) is 3.30. The molecule has 0 saturated carbocycles. The third kappa shape index (κ3) is 2.96. The van der Waals surface area contributed by atoms with E-state index < -0.39 is 0 Å². The van der Waals surface area contributed by atoms with E-state index in [0.717, 1.165) is 44.7 Å². The first-order valence-corrected chi connectivity index (χ1v) is 7.74. The highest BCUT2D eigenvalue weighted by Crippen LogP contribution is 2.36. The number of nitrogens with zero attached hydrogens (tertiary/aromatic N) is 4. The van der Waals surface area contributed by atoms with Gasteiger partial charge in [0.1, 0.15) is 0 Å². The lowest BCUT2D eigenvalue weighted by molar-refractivity contribution is 0.0769. The van der Waals surface area contributed by atoms with Crippen LogP contribution in [0.15, 0.2) is 36.5 Å². The molecule has 1 N–H and O–H groups in total. The maximum absolute atomic E-state index is 12.6. The third-order valence-corrected chi connectivity index (χ3v) is 4.76. The number of hydrogen-bond donors (Lipinski definition) is 1.